The standard InChI is InChI=1S/C19H26F3N5O3/c1-18(2,3)27-15(10-11(25-27)14-7-6-8-30-14)23-17(28)13-9-12(24-26(13)4)16(29-5)19(20,21)22/h9-10,14,16H,6-8H2,1-5H3,(H,23,28)/t14-,16?/m1/s1. The lowest BCUT2D eigenvalue weighted by Gasteiger charge is -2.22. The Hall–Kier alpha value is -2.40. The molecule has 0 radical (unpaired) electrons. The number of amides is 1. The maximum absolute atomic E-state index is 13.1. The number of nitrogens with zero attached hydrogens (tertiary/aromatic N) is 4. The van der Waals surface area contributed by atoms with Gasteiger partial charge in [0.05, 0.1) is 11.2 Å². The Labute approximate surface area is 172 Å². The normalized spacial score (nSPS) is 18.6. The number of anilines is 1. The van der Waals surface area contributed by atoms with Gasteiger partial charge in [-0.1, -0.05) is 0 Å². The second-order valence-electron chi connectivity index (χ2n) is 8.23. The van der Waals surface area contributed by atoms with E-state index < -0.39 is 23.7 Å². The van der Waals surface area contributed by atoms with Gasteiger partial charge < -0.3 is 14.8 Å². The molecule has 0 spiro atoms. The predicted molar refractivity (Wildman–Crippen MR) is 102 cm³/mol. The van der Waals surface area contributed by atoms with Crippen LogP contribution in [0.4, 0.5) is 19.0 Å². The third-order valence-corrected chi connectivity index (χ3v) is 4.80. The highest BCUT2D eigenvalue weighted by Gasteiger charge is 2.43. The van der Waals surface area contributed by atoms with E-state index in [4.69, 9.17) is 4.74 Å². The smallest absolute Gasteiger partial charge is 0.372 e. The van der Waals surface area contributed by atoms with E-state index in [9.17, 15) is 18.0 Å². The van der Waals surface area contributed by atoms with Crippen LogP contribution in [0.25, 0.3) is 0 Å². The second-order valence-corrected chi connectivity index (χ2v) is 8.23. The Bertz CT molecular complexity index is 908. The number of ether oxygens (including phenoxy) is 2. The molecule has 1 fully saturated rings. The topological polar surface area (TPSA) is 83.2 Å². The quantitative estimate of drug-likeness (QED) is 0.783. The molecule has 0 aromatic carbocycles. The summed E-state index contributed by atoms with van der Waals surface area (Å²) in [5.74, 6) is -0.169. The lowest BCUT2D eigenvalue weighted by molar-refractivity contribution is -0.217. The first-order chi connectivity index (χ1) is 13.9. The number of nitrogens with one attached hydrogen (secondary N) is 1. The van der Waals surface area contributed by atoms with Gasteiger partial charge in [0.1, 0.15) is 23.3 Å². The highest BCUT2D eigenvalue weighted by Crippen LogP contribution is 2.35. The first-order valence-electron chi connectivity index (χ1n) is 9.58. The number of methoxy groups -OCH3 is 1. The molecule has 0 bridgehead atoms. The number of alkyl halides is 3. The Morgan fingerprint density at radius 1 is 1.30 bits per heavy atom. The number of aromatic nitrogens is 4. The summed E-state index contributed by atoms with van der Waals surface area (Å²) >= 11 is 0. The number of halogens is 3. The van der Waals surface area contributed by atoms with Crippen molar-refractivity contribution in [3.05, 3.63) is 29.2 Å². The summed E-state index contributed by atoms with van der Waals surface area (Å²) in [7, 11) is 2.35. The second kappa shape index (κ2) is 8.03. The van der Waals surface area contributed by atoms with Crippen LogP contribution in [0.5, 0.6) is 0 Å². The molecule has 2 aromatic rings. The molecule has 2 aromatic heterocycles. The SMILES string of the molecule is COC(c1cc(C(=O)Nc2cc([C@H]3CCCO3)nn2C(C)(C)C)n(C)n1)C(F)(F)F. The van der Waals surface area contributed by atoms with Crippen LogP contribution in [0.3, 0.4) is 0 Å². The zero-order valence-corrected chi connectivity index (χ0v) is 17.6. The van der Waals surface area contributed by atoms with Crippen molar-refractivity contribution in [1.82, 2.24) is 19.6 Å². The number of hydrogen-bond donors (Lipinski definition) is 1. The van der Waals surface area contributed by atoms with Crippen molar-refractivity contribution in [3.63, 3.8) is 0 Å². The van der Waals surface area contributed by atoms with Crippen LogP contribution in [0.2, 0.25) is 0 Å². The molecule has 2 atom stereocenters. The van der Waals surface area contributed by atoms with E-state index in [2.05, 4.69) is 20.3 Å². The maximum Gasteiger partial charge on any atom is 0.420 e. The fourth-order valence-electron chi connectivity index (χ4n) is 3.40. The van der Waals surface area contributed by atoms with E-state index >= 15 is 0 Å². The molecule has 3 rings (SSSR count). The van der Waals surface area contributed by atoms with Gasteiger partial charge >= 0.3 is 6.18 Å². The minimum Gasteiger partial charge on any atom is -0.372 e. The van der Waals surface area contributed by atoms with E-state index in [0.29, 0.717) is 18.1 Å². The van der Waals surface area contributed by atoms with Crippen molar-refractivity contribution >= 4 is 11.7 Å². The van der Waals surface area contributed by atoms with Crippen molar-refractivity contribution in [2.45, 2.75) is 57.5 Å². The summed E-state index contributed by atoms with van der Waals surface area (Å²) in [6.07, 6.45) is -5.21. The summed E-state index contributed by atoms with van der Waals surface area (Å²) in [5, 5.41) is 11.2. The van der Waals surface area contributed by atoms with Crippen LogP contribution >= 0.6 is 0 Å². The van der Waals surface area contributed by atoms with Crippen LogP contribution < -0.4 is 5.32 Å². The van der Waals surface area contributed by atoms with Crippen LogP contribution in [-0.4, -0.2) is 45.4 Å². The van der Waals surface area contributed by atoms with Gasteiger partial charge in [0, 0.05) is 26.8 Å². The monoisotopic (exact) mass is 429 g/mol. The van der Waals surface area contributed by atoms with Gasteiger partial charge in [-0.2, -0.15) is 23.4 Å². The summed E-state index contributed by atoms with van der Waals surface area (Å²) in [4.78, 5) is 12.9. The summed E-state index contributed by atoms with van der Waals surface area (Å²) < 4.78 is 52.4. The van der Waals surface area contributed by atoms with E-state index in [1.165, 1.54) is 7.05 Å². The van der Waals surface area contributed by atoms with Gasteiger partial charge in [0.15, 0.2) is 6.10 Å². The van der Waals surface area contributed by atoms with Gasteiger partial charge in [0.2, 0.25) is 0 Å². The van der Waals surface area contributed by atoms with Crippen LogP contribution in [0.15, 0.2) is 12.1 Å². The summed E-state index contributed by atoms with van der Waals surface area (Å²) in [5.41, 5.74) is -0.146. The summed E-state index contributed by atoms with van der Waals surface area (Å²) in [6, 6.07) is 2.82. The Morgan fingerprint density at radius 3 is 2.53 bits per heavy atom. The highest BCUT2D eigenvalue weighted by atomic mass is 19.4. The van der Waals surface area contributed by atoms with Crippen molar-refractivity contribution in [1.29, 1.82) is 0 Å². The molecule has 1 unspecified atom stereocenters. The third-order valence-electron chi connectivity index (χ3n) is 4.80. The van der Waals surface area contributed by atoms with E-state index in [-0.39, 0.29) is 17.5 Å². The lowest BCUT2D eigenvalue weighted by atomic mass is 10.1. The molecule has 1 N–H and O–H groups in total. The van der Waals surface area contributed by atoms with E-state index in [1.54, 1.807) is 10.7 Å². The van der Waals surface area contributed by atoms with Crippen LogP contribution in [0.1, 0.15) is 67.7 Å². The van der Waals surface area contributed by atoms with Gasteiger partial charge in [0.25, 0.3) is 5.91 Å². The molecule has 1 amide bonds. The fourth-order valence-corrected chi connectivity index (χ4v) is 3.40. The average molecular weight is 429 g/mol. The number of carbonyl (C=O) groups excluding carboxylic acids is 1. The van der Waals surface area contributed by atoms with Crippen molar-refractivity contribution < 1.29 is 27.4 Å². The zero-order chi connectivity index (χ0) is 22.3. The van der Waals surface area contributed by atoms with Crippen LogP contribution in [0, 0.1) is 0 Å². The largest absolute Gasteiger partial charge is 0.420 e. The first-order valence-corrected chi connectivity index (χ1v) is 9.58. The molecule has 166 valence electrons. The number of hydrogen-bond acceptors (Lipinski definition) is 5. The molecule has 0 saturated carbocycles. The molecule has 1 aliphatic rings. The molecule has 1 aliphatic heterocycles. The number of rotatable bonds is 5. The van der Waals surface area contributed by atoms with E-state index in [1.807, 2.05) is 20.8 Å². The van der Waals surface area contributed by atoms with E-state index in [0.717, 1.165) is 30.7 Å². The third kappa shape index (κ3) is 4.51. The van der Waals surface area contributed by atoms with Gasteiger partial charge in [-0.3, -0.25) is 9.48 Å². The molecular weight excluding hydrogens is 403 g/mol. The molecule has 8 nitrogen and oxygen atoms in total. The molecule has 0 aliphatic carbocycles. The minimum absolute atomic E-state index is 0.0309. The highest BCUT2D eigenvalue weighted by molar-refractivity contribution is 6.02. The number of aryl methyl sites for hydroxylation is 1. The summed E-state index contributed by atoms with van der Waals surface area (Å²) in [6.45, 7) is 6.46. The van der Waals surface area contributed by atoms with Crippen molar-refractivity contribution in [2.75, 3.05) is 19.0 Å². The Balaban J connectivity index is 1.89. The van der Waals surface area contributed by atoms with Crippen LogP contribution in [-0.2, 0) is 22.1 Å². The van der Waals surface area contributed by atoms with Crippen molar-refractivity contribution in [3.8, 4) is 0 Å². The fraction of sp³-hybridized carbons (Fsp3) is 0.632. The maximum atomic E-state index is 13.1. The lowest BCUT2D eigenvalue weighted by Crippen LogP contribution is -2.27. The minimum atomic E-state index is -4.64. The van der Waals surface area contributed by atoms with Gasteiger partial charge in [-0.15, -0.1) is 0 Å². The molecular formula is C19H26F3N5O3. The predicted octanol–water partition coefficient (Wildman–Crippen LogP) is 3.73. The van der Waals surface area contributed by atoms with Gasteiger partial charge in [-0.05, 0) is 39.7 Å². The molecule has 11 heteroatoms. The first kappa shape index (κ1) is 22.3. The van der Waals surface area contributed by atoms with Gasteiger partial charge in [-0.25, -0.2) is 4.68 Å². The average Bonchev–Trinajstić information content (AvgIpc) is 3.32. The van der Waals surface area contributed by atoms with Crippen molar-refractivity contribution in [2.24, 2.45) is 7.05 Å². The number of carbonyl (C=O) groups is 1. The molecule has 30 heavy (non-hydrogen) atoms. The molecule has 1 saturated heterocycles. The zero-order valence-electron chi connectivity index (χ0n) is 17.6. The Morgan fingerprint density at radius 2 is 2.00 bits per heavy atom. The molecule has 3 heterocycles. The Kier molecular flexibility index (Phi) is 5.96.